The van der Waals surface area contributed by atoms with Gasteiger partial charge in [0, 0.05) is 33.2 Å². The molecule has 0 unspecified atom stereocenters. The molecule has 0 saturated carbocycles. The molecule has 1 saturated heterocycles. The van der Waals surface area contributed by atoms with Crippen LogP contribution in [0.5, 0.6) is 0 Å². The van der Waals surface area contributed by atoms with Crippen molar-refractivity contribution in [3.63, 3.8) is 0 Å². The number of amides is 2. The predicted octanol–water partition coefficient (Wildman–Crippen LogP) is -1.39. The lowest BCUT2D eigenvalue weighted by Gasteiger charge is -2.44. The van der Waals surface area contributed by atoms with Crippen molar-refractivity contribution in [2.45, 2.75) is 19.4 Å². The van der Waals surface area contributed by atoms with Crippen LogP contribution in [-0.2, 0) is 9.59 Å². The zero-order valence-corrected chi connectivity index (χ0v) is 10.8. The molecule has 0 atom stereocenters. The van der Waals surface area contributed by atoms with Crippen LogP contribution in [0.4, 0.5) is 0 Å². The zero-order chi connectivity index (χ0) is 13.1. The second-order valence-corrected chi connectivity index (χ2v) is 4.85. The third-order valence-corrected chi connectivity index (χ3v) is 3.17. The van der Waals surface area contributed by atoms with Crippen molar-refractivity contribution in [1.82, 2.24) is 15.1 Å². The lowest BCUT2D eigenvalue weighted by atomic mass is 9.98. The van der Waals surface area contributed by atoms with Gasteiger partial charge in [-0.1, -0.05) is 0 Å². The summed E-state index contributed by atoms with van der Waals surface area (Å²) in [6.07, 6.45) is 0. The van der Waals surface area contributed by atoms with Gasteiger partial charge in [0.1, 0.15) is 0 Å². The summed E-state index contributed by atoms with van der Waals surface area (Å²) in [6.45, 7) is 6.21. The fraction of sp³-hybridized carbons (Fsp3) is 0.818. The van der Waals surface area contributed by atoms with E-state index >= 15 is 0 Å². The van der Waals surface area contributed by atoms with Crippen LogP contribution in [0, 0.1) is 0 Å². The Hall–Kier alpha value is -1.14. The maximum absolute atomic E-state index is 12.0. The number of likely N-dealkylation sites (N-methyl/N-ethyl adjacent to an activating group) is 1. The molecule has 0 aromatic carbocycles. The minimum atomic E-state index is -0.618. The lowest BCUT2D eigenvalue weighted by Crippen LogP contribution is -2.63. The molecule has 6 nitrogen and oxygen atoms in total. The summed E-state index contributed by atoms with van der Waals surface area (Å²) in [5.41, 5.74) is 4.70. The Balaban J connectivity index is 2.59. The Morgan fingerprint density at radius 2 is 2.12 bits per heavy atom. The van der Waals surface area contributed by atoms with Crippen LogP contribution in [0.25, 0.3) is 0 Å². The Morgan fingerprint density at radius 1 is 1.47 bits per heavy atom. The molecule has 2 amide bonds. The van der Waals surface area contributed by atoms with E-state index in [-0.39, 0.29) is 18.4 Å². The second-order valence-electron chi connectivity index (χ2n) is 4.85. The molecule has 0 aromatic rings. The van der Waals surface area contributed by atoms with Crippen LogP contribution in [-0.4, -0.2) is 66.9 Å². The Kier molecular flexibility index (Phi) is 4.47. The zero-order valence-electron chi connectivity index (χ0n) is 10.8. The van der Waals surface area contributed by atoms with Gasteiger partial charge < -0.3 is 16.0 Å². The minimum Gasteiger partial charge on any atom is -0.354 e. The molecule has 98 valence electrons. The molecule has 0 aliphatic carbocycles. The Bertz CT molecular complexity index is 304. The smallest absolute Gasteiger partial charge is 0.242 e. The first-order valence-corrected chi connectivity index (χ1v) is 5.87. The van der Waals surface area contributed by atoms with E-state index in [0.29, 0.717) is 26.2 Å². The summed E-state index contributed by atoms with van der Waals surface area (Å²) in [5, 5.41) is 2.71. The molecule has 1 aliphatic rings. The van der Waals surface area contributed by atoms with Crippen molar-refractivity contribution < 1.29 is 9.59 Å². The largest absolute Gasteiger partial charge is 0.354 e. The van der Waals surface area contributed by atoms with Gasteiger partial charge in [-0.25, -0.2) is 0 Å². The predicted molar refractivity (Wildman–Crippen MR) is 65.4 cm³/mol. The number of nitrogens with one attached hydrogen (secondary N) is 1. The average molecular weight is 242 g/mol. The van der Waals surface area contributed by atoms with Gasteiger partial charge in [0.25, 0.3) is 0 Å². The molecule has 1 fully saturated rings. The first-order valence-electron chi connectivity index (χ1n) is 5.87. The third-order valence-electron chi connectivity index (χ3n) is 3.17. The minimum absolute atomic E-state index is 0.0513. The van der Waals surface area contributed by atoms with Crippen LogP contribution in [0.2, 0.25) is 0 Å². The molecule has 0 radical (unpaired) electrons. The number of carbonyl (C=O) groups is 2. The van der Waals surface area contributed by atoms with E-state index in [2.05, 4.69) is 5.32 Å². The highest BCUT2D eigenvalue weighted by atomic mass is 16.2. The van der Waals surface area contributed by atoms with E-state index in [4.69, 9.17) is 5.73 Å². The van der Waals surface area contributed by atoms with Gasteiger partial charge >= 0.3 is 0 Å². The topological polar surface area (TPSA) is 78.7 Å². The maximum atomic E-state index is 12.0. The van der Waals surface area contributed by atoms with Gasteiger partial charge in [-0.2, -0.15) is 0 Å². The Labute approximate surface area is 102 Å². The molecule has 1 heterocycles. The number of nitrogens with zero attached hydrogens (tertiary/aromatic N) is 2. The van der Waals surface area contributed by atoms with Gasteiger partial charge in [-0.15, -0.1) is 0 Å². The van der Waals surface area contributed by atoms with Gasteiger partial charge in [0.05, 0.1) is 12.1 Å². The summed E-state index contributed by atoms with van der Waals surface area (Å²) in [4.78, 5) is 27.2. The number of carbonyl (C=O) groups excluding carboxylic acids is 2. The third kappa shape index (κ3) is 3.17. The first-order chi connectivity index (χ1) is 7.89. The van der Waals surface area contributed by atoms with E-state index in [1.54, 1.807) is 11.9 Å². The Morgan fingerprint density at radius 3 is 2.71 bits per heavy atom. The van der Waals surface area contributed by atoms with E-state index < -0.39 is 5.54 Å². The van der Waals surface area contributed by atoms with Gasteiger partial charge in [0.2, 0.25) is 11.8 Å². The summed E-state index contributed by atoms with van der Waals surface area (Å²) in [6, 6.07) is 0. The number of piperazine rings is 1. The van der Waals surface area contributed by atoms with E-state index in [1.807, 2.05) is 18.7 Å². The highest BCUT2D eigenvalue weighted by molar-refractivity contribution is 5.87. The van der Waals surface area contributed by atoms with Crippen LogP contribution in [0.15, 0.2) is 0 Å². The van der Waals surface area contributed by atoms with Crippen molar-refractivity contribution in [2.24, 2.45) is 5.73 Å². The molecule has 0 spiro atoms. The average Bonchev–Trinajstić information content (AvgIpc) is 2.28. The van der Waals surface area contributed by atoms with Gasteiger partial charge in [-0.3, -0.25) is 14.5 Å². The molecule has 6 heteroatoms. The molecule has 3 N–H and O–H groups in total. The van der Waals surface area contributed by atoms with E-state index in [0.717, 1.165) is 0 Å². The quantitative estimate of drug-likeness (QED) is 0.636. The molecule has 0 bridgehead atoms. The SMILES string of the molecule is CN1CCN(CC(=O)NCCN)C(C)(C)C1=O. The van der Waals surface area contributed by atoms with Crippen LogP contribution in [0.1, 0.15) is 13.8 Å². The fourth-order valence-electron chi connectivity index (χ4n) is 1.97. The first kappa shape index (κ1) is 13.9. The monoisotopic (exact) mass is 242 g/mol. The molecule has 1 aliphatic heterocycles. The molecule has 0 aromatic heterocycles. The van der Waals surface area contributed by atoms with Crippen LogP contribution in [0.3, 0.4) is 0 Å². The van der Waals surface area contributed by atoms with Crippen molar-refractivity contribution in [3.8, 4) is 0 Å². The summed E-state index contributed by atoms with van der Waals surface area (Å²) in [7, 11) is 1.79. The van der Waals surface area contributed by atoms with Crippen LogP contribution < -0.4 is 11.1 Å². The lowest BCUT2D eigenvalue weighted by molar-refractivity contribution is -0.148. The highest BCUT2D eigenvalue weighted by Crippen LogP contribution is 2.20. The highest BCUT2D eigenvalue weighted by Gasteiger charge is 2.40. The standard InChI is InChI=1S/C11H22N4O2/c1-11(2)10(17)14(3)6-7-15(11)8-9(16)13-5-4-12/h4-8,12H2,1-3H3,(H,13,16). The number of nitrogens with two attached hydrogens (primary N) is 1. The number of rotatable bonds is 4. The summed E-state index contributed by atoms with van der Waals surface area (Å²) in [5.74, 6) is -0.0312. The molecule has 17 heavy (non-hydrogen) atoms. The van der Waals surface area contributed by atoms with Crippen molar-refractivity contribution in [1.29, 1.82) is 0 Å². The summed E-state index contributed by atoms with van der Waals surface area (Å²) >= 11 is 0. The normalized spacial score (nSPS) is 20.5. The fourth-order valence-corrected chi connectivity index (χ4v) is 1.97. The second kappa shape index (κ2) is 5.46. The van der Waals surface area contributed by atoms with Crippen molar-refractivity contribution in [2.75, 3.05) is 39.8 Å². The van der Waals surface area contributed by atoms with Crippen molar-refractivity contribution in [3.05, 3.63) is 0 Å². The molecular weight excluding hydrogens is 220 g/mol. The maximum Gasteiger partial charge on any atom is 0.242 e. The van der Waals surface area contributed by atoms with Gasteiger partial charge in [-0.05, 0) is 13.8 Å². The number of hydrogen-bond acceptors (Lipinski definition) is 4. The van der Waals surface area contributed by atoms with E-state index in [1.165, 1.54) is 0 Å². The van der Waals surface area contributed by atoms with Crippen LogP contribution >= 0.6 is 0 Å². The number of hydrogen-bond donors (Lipinski definition) is 2. The summed E-state index contributed by atoms with van der Waals surface area (Å²) < 4.78 is 0. The molecular formula is C11H22N4O2. The van der Waals surface area contributed by atoms with Gasteiger partial charge in [0.15, 0.2) is 0 Å². The van der Waals surface area contributed by atoms with Crippen molar-refractivity contribution >= 4 is 11.8 Å². The van der Waals surface area contributed by atoms with E-state index in [9.17, 15) is 9.59 Å². The molecule has 1 rings (SSSR count).